The molecule has 0 spiro atoms. The summed E-state index contributed by atoms with van der Waals surface area (Å²) in [6.07, 6.45) is -1.53. The van der Waals surface area contributed by atoms with E-state index in [4.69, 9.17) is 0 Å². The van der Waals surface area contributed by atoms with Crippen molar-refractivity contribution in [3.8, 4) is 0 Å². The molecule has 1 aromatic carbocycles. The van der Waals surface area contributed by atoms with E-state index in [2.05, 4.69) is 22.5 Å². The van der Waals surface area contributed by atoms with Gasteiger partial charge in [-0.1, -0.05) is 13.0 Å². The first kappa shape index (κ1) is 16.8. The number of aromatic nitrogens is 1. The van der Waals surface area contributed by atoms with Crippen molar-refractivity contribution in [2.75, 3.05) is 10.6 Å². The van der Waals surface area contributed by atoms with Crippen molar-refractivity contribution in [2.45, 2.75) is 32.4 Å². The lowest BCUT2D eigenvalue weighted by molar-refractivity contribution is -0.137. The molecule has 0 unspecified atom stereocenters. The van der Waals surface area contributed by atoms with E-state index in [1.54, 1.807) is 0 Å². The molecule has 4 nitrogen and oxygen atoms in total. The van der Waals surface area contributed by atoms with Gasteiger partial charge in [-0.3, -0.25) is 5.32 Å². The van der Waals surface area contributed by atoms with Crippen LogP contribution in [0.25, 0.3) is 0 Å². The maximum Gasteiger partial charge on any atom is 0.416 e. The zero-order valence-electron chi connectivity index (χ0n) is 12.9. The van der Waals surface area contributed by atoms with Crippen LogP contribution in [0.3, 0.4) is 0 Å². The van der Waals surface area contributed by atoms with Gasteiger partial charge >= 0.3 is 12.2 Å². The van der Waals surface area contributed by atoms with E-state index in [1.165, 1.54) is 28.3 Å². The molecule has 0 radical (unpaired) electrons. The van der Waals surface area contributed by atoms with Gasteiger partial charge in [-0.15, -0.1) is 11.3 Å². The molecular formula is C16H16F3N3OS. The highest BCUT2D eigenvalue weighted by atomic mass is 32.1. The minimum Gasteiger partial charge on any atom is -0.308 e. The number of halogens is 3. The summed E-state index contributed by atoms with van der Waals surface area (Å²) in [7, 11) is 0. The molecule has 0 bridgehead atoms. The molecule has 2 N–H and O–H groups in total. The molecule has 8 heteroatoms. The summed E-state index contributed by atoms with van der Waals surface area (Å²) < 4.78 is 38.0. The molecule has 1 heterocycles. The van der Waals surface area contributed by atoms with Gasteiger partial charge in [0.25, 0.3) is 0 Å². The van der Waals surface area contributed by atoms with Crippen LogP contribution in [0.5, 0.6) is 0 Å². The van der Waals surface area contributed by atoms with E-state index in [9.17, 15) is 18.0 Å². The second-order valence-corrected chi connectivity index (χ2v) is 6.98. The number of carbonyl (C=O) groups is 1. The Kier molecular flexibility index (Phi) is 4.49. The third kappa shape index (κ3) is 3.87. The molecule has 1 aromatic heterocycles. The van der Waals surface area contributed by atoms with E-state index in [0.29, 0.717) is 11.0 Å². The molecule has 24 heavy (non-hydrogen) atoms. The number of thiazole rings is 1. The minimum atomic E-state index is -4.45. The van der Waals surface area contributed by atoms with E-state index in [0.717, 1.165) is 37.1 Å². The quantitative estimate of drug-likeness (QED) is 0.802. The maximum absolute atomic E-state index is 12.7. The summed E-state index contributed by atoms with van der Waals surface area (Å²) in [6, 6.07) is 3.91. The van der Waals surface area contributed by atoms with Gasteiger partial charge in [0.05, 0.1) is 11.3 Å². The van der Waals surface area contributed by atoms with Crippen molar-refractivity contribution in [1.82, 2.24) is 4.98 Å². The molecular weight excluding hydrogens is 339 g/mol. The topological polar surface area (TPSA) is 54.0 Å². The summed E-state index contributed by atoms with van der Waals surface area (Å²) >= 11 is 1.42. The van der Waals surface area contributed by atoms with Crippen molar-refractivity contribution in [1.29, 1.82) is 0 Å². The maximum atomic E-state index is 12.7. The number of hydrogen-bond donors (Lipinski definition) is 2. The molecule has 0 saturated heterocycles. The number of alkyl halides is 3. The van der Waals surface area contributed by atoms with E-state index < -0.39 is 17.8 Å². The van der Waals surface area contributed by atoms with Gasteiger partial charge in [0.2, 0.25) is 0 Å². The summed E-state index contributed by atoms with van der Waals surface area (Å²) in [5.41, 5.74) is 0.281. The van der Waals surface area contributed by atoms with Gasteiger partial charge in [-0.2, -0.15) is 13.2 Å². The second-order valence-electron chi connectivity index (χ2n) is 5.89. The van der Waals surface area contributed by atoms with Gasteiger partial charge < -0.3 is 5.32 Å². The fourth-order valence-electron chi connectivity index (χ4n) is 2.63. The molecule has 2 amide bonds. The molecule has 0 fully saturated rings. The van der Waals surface area contributed by atoms with Gasteiger partial charge in [-0.05, 0) is 43.4 Å². The number of amides is 2. The third-order valence-electron chi connectivity index (χ3n) is 3.85. The van der Waals surface area contributed by atoms with E-state index in [1.807, 2.05) is 0 Å². The Morgan fingerprint density at radius 2 is 2.12 bits per heavy atom. The second kappa shape index (κ2) is 6.43. The molecule has 2 aromatic rings. The predicted octanol–water partition coefficient (Wildman–Crippen LogP) is 4.93. The van der Waals surface area contributed by atoms with Crippen molar-refractivity contribution in [3.63, 3.8) is 0 Å². The van der Waals surface area contributed by atoms with Crippen LogP contribution < -0.4 is 10.6 Å². The number of aryl methyl sites for hydroxylation is 1. The molecule has 1 aliphatic carbocycles. The molecule has 0 saturated carbocycles. The molecule has 3 rings (SSSR count). The van der Waals surface area contributed by atoms with Crippen LogP contribution in [0.2, 0.25) is 0 Å². The van der Waals surface area contributed by atoms with Crippen molar-refractivity contribution < 1.29 is 18.0 Å². The first-order chi connectivity index (χ1) is 11.3. The first-order valence-corrected chi connectivity index (χ1v) is 8.37. The van der Waals surface area contributed by atoms with Crippen LogP contribution in [0, 0.1) is 5.92 Å². The summed E-state index contributed by atoms with van der Waals surface area (Å²) in [5, 5.41) is 5.48. The van der Waals surface area contributed by atoms with Crippen LogP contribution in [0.1, 0.15) is 29.5 Å². The number of anilines is 2. The number of rotatable bonds is 2. The lowest BCUT2D eigenvalue weighted by atomic mass is 9.93. The number of nitrogens with one attached hydrogen (secondary N) is 2. The number of carbonyl (C=O) groups excluding carboxylic acids is 1. The smallest absolute Gasteiger partial charge is 0.308 e. The fraction of sp³-hybridized carbons (Fsp3) is 0.375. The van der Waals surface area contributed by atoms with E-state index in [-0.39, 0.29) is 5.69 Å². The van der Waals surface area contributed by atoms with Gasteiger partial charge in [-0.25, -0.2) is 9.78 Å². The Balaban J connectivity index is 1.66. The number of fused-ring (bicyclic) bond motifs is 1. The third-order valence-corrected chi connectivity index (χ3v) is 4.89. The highest BCUT2D eigenvalue weighted by Gasteiger charge is 2.30. The monoisotopic (exact) mass is 355 g/mol. The Bertz CT molecular complexity index is 757. The van der Waals surface area contributed by atoms with Crippen LogP contribution in [0.15, 0.2) is 24.3 Å². The largest absolute Gasteiger partial charge is 0.416 e. The van der Waals surface area contributed by atoms with Gasteiger partial charge in [0.15, 0.2) is 5.13 Å². The zero-order chi connectivity index (χ0) is 17.3. The molecule has 1 aliphatic rings. The Labute approximate surface area is 141 Å². The zero-order valence-corrected chi connectivity index (χ0v) is 13.7. The van der Waals surface area contributed by atoms with Gasteiger partial charge in [0, 0.05) is 10.6 Å². The van der Waals surface area contributed by atoms with Crippen LogP contribution in [0.4, 0.5) is 28.8 Å². The average molecular weight is 355 g/mol. The molecule has 1 atom stereocenters. The Morgan fingerprint density at radius 3 is 2.88 bits per heavy atom. The van der Waals surface area contributed by atoms with Crippen LogP contribution in [-0.4, -0.2) is 11.0 Å². The van der Waals surface area contributed by atoms with Crippen LogP contribution in [-0.2, 0) is 19.0 Å². The lowest BCUT2D eigenvalue weighted by Gasteiger charge is -2.15. The highest BCUT2D eigenvalue weighted by molar-refractivity contribution is 7.15. The summed E-state index contributed by atoms with van der Waals surface area (Å²) in [5.74, 6) is 0.602. The number of benzene rings is 1. The summed E-state index contributed by atoms with van der Waals surface area (Å²) in [6.45, 7) is 2.18. The average Bonchev–Trinajstić information content (AvgIpc) is 2.87. The fourth-order valence-corrected chi connectivity index (χ4v) is 3.79. The van der Waals surface area contributed by atoms with Gasteiger partial charge in [0.1, 0.15) is 0 Å². The van der Waals surface area contributed by atoms with Crippen molar-refractivity contribution in [2.24, 2.45) is 5.92 Å². The van der Waals surface area contributed by atoms with Crippen molar-refractivity contribution in [3.05, 3.63) is 40.4 Å². The molecule has 128 valence electrons. The van der Waals surface area contributed by atoms with E-state index >= 15 is 0 Å². The molecule has 0 aliphatic heterocycles. The first-order valence-electron chi connectivity index (χ1n) is 7.55. The summed E-state index contributed by atoms with van der Waals surface area (Å²) in [4.78, 5) is 17.5. The number of urea groups is 1. The highest BCUT2D eigenvalue weighted by Crippen LogP contribution is 2.33. The van der Waals surface area contributed by atoms with Crippen molar-refractivity contribution >= 4 is 28.2 Å². The SMILES string of the molecule is C[C@@H]1CCc2nc(NC(=O)Nc3cccc(C(F)(F)F)c3)sc2C1. The number of nitrogens with zero attached hydrogens (tertiary/aromatic N) is 1. The number of hydrogen-bond acceptors (Lipinski definition) is 3. The Morgan fingerprint density at radius 1 is 1.33 bits per heavy atom. The normalized spacial score (nSPS) is 17.2. The predicted molar refractivity (Wildman–Crippen MR) is 87.4 cm³/mol. The Hall–Kier alpha value is -2.09. The lowest BCUT2D eigenvalue weighted by Crippen LogP contribution is -2.19. The van der Waals surface area contributed by atoms with Crippen LogP contribution >= 0.6 is 11.3 Å². The standard InChI is InChI=1S/C16H16F3N3OS/c1-9-5-6-12-13(7-9)24-15(21-12)22-14(23)20-11-4-2-3-10(8-11)16(17,18)19/h2-4,8-9H,5-7H2,1H3,(H2,20,21,22,23)/t9-/m1/s1. The minimum absolute atomic E-state index is 0.0808.